The van der Waals surface area contributed by atoms with Crippen molar-refractivity contribution in [2.75, 3.05) is 18.4 Å². The number of nitrogens with one attached hydrogen (secondary N) is 2. The van der Waals surface area contributed by atoms with Gasteiger partial charge in [-0.2, -0.15) is 0 Å². The Morgan fingerprint density at radius 1 is 1.00 bits per heavy atom. The normalized spacial score (nSPS) is 11.0. The van der Waals surface area contributed by atoms with Crippen LogP contribution >= 0.6 is 0 Å². The van der Waals surface area contributed by atoms with Crippen molar-refractivity contribution >= 4 is 21.6 Å². The lowest BCUT2D eigenvalue weighted by molar-refractivity contribution is -0.123. The van der Waals surface area contributed by atoms with Crippen LogP contribution in [0.25, 0.3) is 0 Å². The van der Waals surface area contributed by atoms with Crippen molar-refractivity contribution in [2.24, 2.45) is 0 Å². The Morgan fingerprint density at radius 2 is 1.69 bits per heavy atom. The van der Waals surface area contributed by atoms with Crippen LogP contribution in [-0.2, 0) is 21.4 Å². The molecule has 0 aromatic heterocycles. The van der Waals surface area contributed by atoms with Gasteiger partial charge in [0.25, 0.3) is 15.9 Å². The van der Waals surface area contributed by atoms with E-state index in [1.54, 1.807) is 14.0 Å². The summed E-state index contributed by atoms with van der Waals surface area (Å²) >= 11 is 0. The summed E-state index contributed by atoms with van der Waals surface area (Å²) < 4.78 is 51.1. The van der Waals surface area contributed by atoms with Crippen LogP contribution in [-0.4, -0.2) is 28.0 Å². The summed E-state index contributed by atoms with van der Waals surface area (Å²) in [6.45, 7) is 1.82. The third kappa shape index (κ3) is 6.21. The maximum absolute atomic E-state index is 13.0. The van der Waals surface area contributed by atoms with Crippen LogP contribution in [0, 0.1) is 12.7 Å². The largest absolute Gasteiger partial charge is 0.497 e. The number of amides is 1. The van der Waals surface area contributed by atoms with Crippen LogP contribution < -0.4 is 19.5 Å². The number of ether oxygens (including phenoxy) is 2. The smallest absolute Gasteiger partial charge is 0.261 e. The van der Waals surface area contributed by atoms with Crippen molar-refractivity contribution in [1.82, 2.24) is 5.32 Å². The third-order valence-corrected chi connectivity index (χ3v) is 5.94. The van der Waals surface area contributed by atoms with Gasteiger partial charge >= 0.3 is 0 Å². The summed E-state index contributed by atoms with van der Waals surface area (Å²) in [6, 6.07) is 16.6. The Hall–Kier alpha value is -3.59. The minimum atomic E-state index is -3.86. The second-order valence-electron chi connectivity index (χ2n) is 6.95. The number of rotatable bonds is 9. The zero-order chi connectivity index (χ0) is 23.1. The zero-order valence-corrected chi connectivity index (χ0v) is 18.4. The second-order valence-corrected chi connectivity index (χ2v) is 8.64. The quantitative estimate of drug-likeness (QED) is 0.511. The van der Waals surface area contributed by atoms with Gasteiger partial charge in [-0.25, -0.2) is 12.8 Å². The number of halogens is 1. The minimum Gasteiger partial charge on any atom is -0.497 e. The number of anilines is 1. The number of benzene rings is 3. The molecule has 0 spiro atoms. The van der Waals surface area contributed by atoms with Gasteiger partial charge in [0.05, 0.1) is 12.0 Å². The van der Waals surface area contributed by atoms with Crippen molar-refractivity contribution < 1.29 is 27.1 Å². The van der Waals surface area contributed by atoms with E-state index >= 15 is 0 Å². The summed E-state index contributed by atoms with van der Waals surface area (Å²) in [5.74, 6) is 0.357. The molecular formula is C23H23FN2O5S. The molecule has 168 valence electrons. The molecule has 0 bridgehead atoms. The maximum atomic E-state index is 13.0. The predicted octanol–water partition coefficient (Wildman–Crippen LogP) is 3.64. The summed E-state index contributed by atoms with van der Waals surface area (Å²) in [6.07, 6.45) is 0. The van der Waals surface area contributed by atoms with Crippen molar-refractivity contribution in [3.8, 4) is 11.5 Å². The summed E-state index contributed by atoms with van der Waals surface area (Å²) in [4.78, 5) is 12.1. The fourth-order valence-electron chi connectivity index (χ4n) is 2.82. The molecule has 0 saturated carbocycles. The number of aryl methyl sites for hydroxylation is 1. The average Bonchev–Trinajstić information content (AvgIpc) is 2.78. The van der Waals surface area contributed by atoms with Crippen LogP contribution in [0.4, 0.5) is 10.1 Å². The molecule has 0 saturated heterocycles. The molecule has 7 nitrogen and oxygen atoms in total. The fraction of sp³-hybridized carbons (Fsp3) is 0.174. The van der Waals surface area contributed by atoms with Crippen LogP contribution in [0.1, 0.15) is 11.1 Å². The van der Waals surface area contributed by atoms with Gasteiger partial charge in [-0.3, -0.25) is 9.52 Å². The molecular weight excluding hydrogens is 435 g/mol. The molecule has 0 atom stereocenters. The van der Waals surface area contributed by atoms with Gasteiger partial charge in [0.1, 0.15) is 17.3 Å². The van der Waals surface area contributed by atoms with Crippen molar-refractivity contribution in [1.29, 1.82) is 0 Å². The van der Waals surface area contributed by atoms with Gasteiger partial charge in [-0.1, -0.05) is 12.1 Å². The molecule has 9 heteroatoms. The van der Waals surface area contributed by atoms with Crippen molar-refractivity contribution in [3.63, 3.8) is 0 Å². The van der Waals surface area contributed by atoms with E-state index < -0.39 is 15.8 Å². The molecule has 3 aromatic carbocycles. The number of methoxy groups -OCH3 is 1. The Bertz CT molecular complexity index is 1180. The standard InChI is InChI=1S/C23H23FN2O5S/c1-16-13-21(32(28,29)26-19-7-5-18(24)6-8-19)11-12-22(16)31-15-23(27)25-14-17-3-9-20(30-2)10-4-17/h3-13,26H,14-15H2,1-2H3,(H,25,27). The number of hydrogen-bond acceptors (Lipinski definition) is 5. The Labute approximate surface area is 186 Å². The van der Waals surface area contributed by atoms with Crippen LogP contribution in [0.5, 0.6) is 11.5 Å². The molecule has 3 rings (SSSR count). The molecule has 0 fully saturated rings. The maximum Gasteiger partial charge on any atom is 0.261 e. The molecule has 3 aromatic rings. The average molecular weight is 459 g/mol. The molecule has 0 aliphatic heterocycles. The lowest BCUT2D eigenvalue weighted by Crippen LogP contribution is -2.28. The van der Waals surface area contributed by atoms with E-state index in [0.717, 1.165) is 11.3 Å². The second kappa shape index (κ2) is 10.1. The highest BCUT2D eigenvalue weighted by atomic mass is 32.2. The SMILES string of the molecule is COc1ccc(CNC(=O)COc2ccc(S(=O)(=O)Nc3ccc(F)cc3)cc2C)cc1. The van der Waals surface area contributed by atoms with Crippen LogP contribution in [0.3, 0.4) is 0 Å². The van der Waals surface area contributed by atoms with E-state index in [-0.39, 0.29) is 23.1 Å². The number of carbonyl (C=O) groups excluding carboxylic acids is 1. The van der Waals surface area contributed by atoms with E-state index in [4.69, 9.17) is 9.47 Å². The van der Waals surface area contributed by atoms with Crippen molar-refractivity contribution in [3.05, 3.63) is 83.7 Å². The predicted molar refractivity (Wildman–Crippen MR) is 119 cm³/mol. The van der Waals surface area contributed by atoms with E-state index in [1.807, 2.05) is 24.3 Å². The van der Waals surface area contributed by atoms with Crippen LogP contribution in [0.2, 0.25) is 0 Å². The highest BCUT2D eigenvalue weighted by Crippen LogP contribution is 2.23. The molecule has 0 radical (unpaired) electrons. The van der Waals surface area contributed by atoms with Gasteiger partial charge in [-0.15, -0.1) is 0 Å². The molecule has 1 amide bonds. The van der Waals surface area contributed by atoms with E-state index in [1.165, 1.54) is 42.5 Å². The van der Waals surface area contributed by atoms with Gasteiger partial charge in [0.15, 0.2) is 6.61 Å². The van der Waals surface area contributed by atoms with E-state index in [0.29, 0.717) is 17.9 Å². The molecule has 0 heterocycles. The first-order valence-electron chi connectivity index (χ1n) is 9.68. The minimum absolute atomic E-state index is 0.0237. The molecule has 0 aliphatic carbocycles. The monoisotopic (exact) mass is 458 g/mol. The fourth-order valence-corrected chi connectivity index (χ4v) is 3.96. The zero-order valence-electron chi connectivity index (χ0n) is 17.6. The molecule has 0 aliphatic rings. The van der Waals surface area contributed by atoms with Gasteiger partial charge in [0, 0.05) is 12.2 Å². The first-order chi connectivity index (χ1) is 15.3. The van der Waals surface area contributed by atoms with Gasteiger partial charge in [0.2, 0.25) is 0 Å². The van der Waals surface area contributed by atoms with Gasteiger partial charge in [-0.05, 0) is 72.6 Å². The lowest BCUT2D eigenvalue weighted by atomic mass is 10.2. The Kier molecular flexibility index (Phi) is 7.32. The summed E-state index contributed by atoms with van der Waals surface area (Å²) in [7, 11) is -2.27. The number of sulfonamides is 1. The lowest BCUT2D eigenvalue weighted by Gasteiger charge is -2.12. The third-order valence-electron chi connectivity index (χ3n) is 4.56. The first-order valence-corrected chi connectivity index (χ1v) is 11.2. The van der Waals surface area contributed by atoms with Crippen LogP contribution in [0.15, 0.2) is 71.6 Å². The van der Waals surface area contributed by atoms with Crippen molar-refractivity contribution in [2.45, 2.75) is 18.4 Å². The Morgan fingerprint density at radius 3 is 2.31 bits per heavy atom. The highest BCUT2D eigenvalue weighted by molar-refractivity contribution is 7.92. The molecule has 0 unspecified atom stereocenters. The molecule has 32 heavy (non-hydrogen) atoms. The molecule has 2 N–H and O–H groups in total. The Balaban J connectivity index is 1.56. The summed E-state index contributed by atoms with van der Waals surface area (Å²) in [5.41, 5.74) is 1.71. The first kappa shape index (κ1) is 23.1. The topological polar surface area (TPSA) is 93.7 Å². The number of carbonyl (C=O) groups is 1. The van der Waals surface area contributed by atoms with E-state index in [9.17, 15) is 17.6 Å². The highest BCUT2D eigenvalue weighted by Gasteiger charge is 2.16. The summed E-state index contributed by atoms with van der Waals surface area (Å²) in [5, 5.41) is 2.76. The van der Waals surface area contributed by atoms with E-state index in [2.05, 4.69) is 10.0 Å². The number of hydrogen-bond donors (Lipinski definition) is 2. The van der Waals surface area contributed by atoms with Gasteiger partial charge < -0.3 is 14.8 Å².